The highest BCUT2D eigenvalue weighted by atomic mass is 28.4. The van der Waals surface area contributed by atoms with Crippen LogP contribution in [0.2, 0.25) is 23.2 Å². The van der Waals surface area contributed by atoms with Gasteiger partial charge in [-0.1, -0.05) is 157 Å². The smallest absolute Gasteiger partial charge is 0.319 e. The molecule has 1 aliphatic heterocycles. The standard InChI is InChI=1S/C47H50O3Si2/c1-45(2,3)51(7,8)49-38-28-24-36(25-29-38)47(34-33-43-42-22-16-15-17-35(42)23-32-44(43)48-47)37-26-30-39(31-27-37)50-52(46(4,5)6,40-18-11-9-12-19-40)41-20-13-10-14-21-41/h9-34H,1-8H3. The van der Waals surface area contributed by atoms with Gasteiger partial charge in [-0.15, -0.1) is 0 Å². The third-order valence-electron chi connectivity index (χ3n) is 11.1. The lowest BCUT2D eigenvalue weighted by molar-refractivity contribution is 0.161. The fourth-order valence-corrected chi connectivity index (χ4v) is 12.7. The normalized spacial score (nSPS) is 16.2. The fraction of sp³-hybridized carbons (Fsp3) is 0.234. The molecule has 6 aromatic carbocycles. The average molecular weight is 719 g/mol. The van der Waals surface area contributed by atoms with Crippen molar-refractivity contribution >= 4 is 43.9 Å². The van der Waals surface area contributed by atoms with Crippen LogP contribution in [-0.4, -0.2) is 16.6 Å². The van der Waals surface area contributed by atoms with Gasteiger partial charge in [-0.25, -0.2) is 0 Å². The quantitative estimate of drug-likeness (QED) is 0.147. The summed E-state index contributed by atoms with van der Waals surface area (Å²) in [6, 6.07) is 51.4. The van der Waals surface area contributed by atoms with Gasteiger partial charge in [0.25, 0.3) is 0 Å². The van der Waals surface area contributed by atoms with E-state index < -0.39 is 22.2 Å². The molecule has 1 unspecified atom stereocenters. The highest BCUT2D eigenvalue weighted by Crippen LogP contribution is 2.46. The zero-order valence-corrected chi connectivity index (χ0v) is 33.7. The second kappa shape index (κ2) is 13.3. The molecule has 0 fully saturated rings. The molecular formula is C47H50O3Si2. The monoisotopic (exact) mass is 718 g/mol. The van der Waals surface area contributed by atoms with Crippen molar-refractivity contribution in [1.82, 2.24) is 0 Å². The van der Waals surface area contributed by atoms with Crippen molar-refractivity contribution in [2.45, 2.75) is 70.3 Å². The maximum absolute atomic E-state index is 7.38. The molecular weight excluding hydrogens is 669 g/mol. The van der Waals surface area contributed by atoms with Gasteiger partial charge >= 0.3 is 8.32 Å². The minimum atomic E-state index is -2.80. The third-order valence-corrected chi connectivity index (χ3v) is 20.4. The predicted molar refractivity (Wildman–Crippen MR) is 223 cm³/mol. The summed E-state index contributed by atoms with van der Waals surface area (Å²) in [5, 5.41) is 4.82. The van der Waals surface area contributed by atoms with E-state index in [1.807, 2.05) is 0 Å². The number of rotatable bonds is 8. The first-order valence-corrected chi connectivity index (χ1v) is 23.2. The van der Waals surface area contributed by atoms with Crippen molar-refractivity contribution in [3.8, 4) is 17.2 Å². The van der Waals surface area contributed by atoms with Gasteiger partial charge in [0, 0.05) is 16.7 Å². The minimum absolute atomic E-state index is 0.104. The van der Waals surface area contributed by atoms with Crippen LogP contribution in [-0.2, 0) is 5.60 Å². The number of hydrogen-bond donors (Lipinski definition) is 0. The molecule has 52 heavy (non-hydrogen) atoms. The van der Waals surface area contributed by atoms with Gasteiger partial charge in [-0.2, -0.15) is 0 Å². The molecule has 0 radical (unpaired) electrons. The van der Waals surface area contributed by atoms with Crippen molar-refractivity contribution < 1.29 is 13.6 Å². The van der Waals surface area contributed by atoms with E-state index in [4.69, 9.17) is 13.6 Å². The van der Waals surface area contributed by atoms with Gasteiger partial charge < -0.3 is 13.6 Å². The van der Waals surface area contributed by atoms with Crippen molar-refractivity contribution in [3.63, 3.8) is 0 Å². The lowest BCUT2D eigenvalue weighted by Gasteiger charge is -2.43. The Labute approximate surface area is 312 Å². The van der Waals surface area contributed by atoms with Gasteiger partial charge in [0.2, 0.25) is 8.32 Å². The number of hydrogen-bond acceptors (Lipinski definition) is 3. The lowest BCUT2D eigenvalue weighted by Crippen LogP contribution is -2.68. The van der Waals surface area contributed by atoms with Crippen molar-refractivity contribution in [2.24, 2.45) is 0 Å². The zero-order valence-electron chi connectivity index (χ0n) is 31.7. The Morgan fingerprint density at radius 2 is 1.02 bits per heavy atom. The topological polar surface area (TPSA) is 27.7 Å². The van der Waals surface area contributed by atoms with Crippen LogP contribution in [0.15, 0.2) is 152 Å². The average Bonchev–Trinajstić information content (AvgIpc) is 3.13. The van der Waals surface area contributed by atoms with Crippen LogP contribution < -0.4 is 24.0 Å². The highest BCUT2D eigenvalue weighted by Gasteiger charge is 2.52. The SMILES string of the molecule is CC(C)(C)[Si](C)(C)Oc1ccc(C2(c3ccc(O[Si](c4ccccc4)(c4ccccc4)C(C)(C)C)cc3)C=Cc3c(ccc4ccccc34)O2)cc1. The molecule has 0 spiro atoms. The molecule has 0 aliphatic carbocycles. The molecule has 0 bridgehead atoms. The second-order valence-electron chi connectivity index (χ2n) is 16.5. The van der Waals surface area contributed by atoms with Crippen LogP contribution in [0.4, 0.5) is 0 Å². The van der Waals surface area contributed by atoms with Gasteiger partial charge in [-0.3, -0.25) is 0 Å². The largest absolute Gasteiger partial charge is 0.544 e. The van der Waals surface area contributed by atoms with E-state index in [1.54, 1.807) is 0 Å². The van der Waals surface area contributed by atoms with Gasteiger partial charge in [0.15, 0.2) is 5.60 Å². The molecule has 264 valence electrons. The summed E-state index contributed by atoms with van der Waals surface area (Å²) in [4.78, 5) is 0. The first kappa shape index (κ1) is 35.6. The molecule has 0 amide bonds. The Kier molecular flexibility index (Phi) is 9.08. The van der Waals surface area contributed by atoms with Gasteiger partial charge in [0.05, 0.1) is 0 Å². The molecule has 3 nitrogen and oxygen atoms in total. The van der Waals surface area contributed by atoms with E-state index in [1.165, 1.54) is 21.1 Å². The van der Waals surface area contributed by atoms with E-state index in [-0.39, 0.29) is 10.1 Å². The van der Waals surface area contributed by atoms with Crippen LogP contribution in [0, 0.1) is 0 Å². The molecule has 6 aromatic rings. The molecule has 0 saturated carbocycles. The van der Waals surface area contributed by atoms with E-state index in [2.05, 4.69) is 212 Å². The predicted octanol–water partition coefficient (Wildman–Crippen LogP) is 11.5. The number of fused-ring (bicyclic) bond motifs is 3. The maximum atomic E-state index is 7.38. The molecule has 0 aromatic heterocycles. The Morgan fingerprint density at radius 1 is 0.519 bits per heavy atom. The van der Waals surface area contributed by atoms with Crippen molar-refractivity contribution in [3.05, 3.63) is 168 Å². The molecule has 1 atom stereocenters. The van der Waals surface area contributed by atoms with Crippen LogP contribution in [0.25, 0.3) is 16.8 Å². The Bertz CT molecular complexity index is 2160. The summed E-state index contributed by atoms with van der Waals surface area (Å²) in [6.45, 7) is 18.3. The van der Waals surface area contributed by atoms with Crippen LogP contribution in [0.3, 0.4) is 0 Å². The number of ether oxygens (including phenoxy) is 1. The Balaban J connectivity index is 1.32. The summed E-state index contributed by atoms with van der Waals surface area (Å²) >= 11 is 0. The summed E-state index contributed by atoms with van der Waals surface area (Å²) in [7, 11) is -4.80. The van der Waals surface area contributed by atoms with E-state index in [0.29, 0.717) is 0 Å². The summed E-state index contributed by atoms with van der Waals surface area (Å²) in [5.41, 5.74) is 2.29. The summed E-state index contributed by atoms with van der Waals surface area (Å²) in [5.74, 6) is 2.60. The van der Waals surface area contributed by atoms with Crippen molar-refractivity contribution in [1.29, 1.82) is 0 Å². The summed E-state index contributed by atoms with van der Waals surface area (Å²) < 4.78 is 21.2. The zero-order chi connectivity index (χ0) is 36.8. The summed E-state index contributed by atoms with van der Waals surface area (Å²) in [6.07, 6.45) is 4.44. The minimum Gasteiger partial charge on any atom is -0.544 e. The highest BCUT2D eigenvalue weighted by molar-refractivity contribution is 7.00. The maximum Gasteiger partial charge on any atom is 0.319 e. The molecule has 5 heteroatoms. The molecule has 1 aliphatic rings. The fourth-order valence-electron chi connectivity index (χ4n) is 7.24. The van der Waals surface area contributed by atoms with E-state index in [9.17, 15) is 0 Å². The van der Waals surface area contributed by atoms with Crippen LogP contribution in [0.1, 0.15) is 58.2 Å². The van der Waals surface area contributed by atoms with Crippen LogP contribution >= 0.6 is 0 Å². The van der Waals surface area contributed by atoms with Crippen LogP contribution in [0.5, 0.6) is 17.2 Å². The van der Waals surface area contributed by atoms with E-state index >= 15 is 0 Å². The van der Waals surface area contributed by atoms with Gasteiger partial charge in [-0.05, 0) is 86.8 Å². The van der Waals surface area contributed by atoms with Gasteiger partial charge in [0.1, 0.15) is 17.2 Å². The molecule has 0 saturated heterocycles. The van der Waals surface area contributed by atoms with Crippen molar-refractivity contribution in [2.75, 3.05) is 0 Å². The molecule has 0 N–H and O–H groups in total. The second-order valence-corrected chi connectivity index (χ2v) is 25.5. The first-order valence-electron chi connectivity index (χ1n) is 18.3. The molecule has 1 heterocycles. The van der Waals surface area contributed by atoms with E-state index in [0.717, 1.165) is 33.9 Å². The third kappa shape index (κ3) is 6.31. The lowest BCUT2D eigenvalue weighted by atomic mass is 9.83. The molecule has 7 rings (SSSR count). The first-order chi connectivity index (χ1) is 24.7. The Morgan fingerprint density at radius 3 is 1.54 bits per heavy atom. The Hall–Kier alpha value is -4.85. The number of benzene rings is 6.